The second kappa shape index (κ2) is 10.7. The molecule has 1 atom stereocenters. The van der Waals surface area contributed by atoms with Crippen LogP contribution in [-0.4, -0.2) is 41.0 Å². The number of hydrogen-bond donors (Lipinski definition) is 1. The molecule has 0 saturated heterocycles. The van der Waals surface area contributed by atoms with E-state index in [1.54, 1.807) is 29.9 Å². The molecule has 1 N–H and O–H groups in total. The molecule has 0 aliphatic heterocycles. The van der Waals surface area contributed by atoms with Crippen LogP contribution >= 0.6 is 23.4 Å². The summed E-state index contributed by atoms with van der Waals surface area (Å²) < 4.78 is 6.69. The molecule has 0 fully saturated rings. The zero-order valence-electron chi connectivity index (χ0n) is 16.0. The Morgan fingerprint density at radius 2 is 2.19 bits per heavy atom. The number of carbonyl (C=O) groups is 1. The maximum Gasteiger partial charge on any atom is 0.262 e. The molecule has 0 saturated carbocycles. The second-order valence-electron chi connectivity index (χ2n) is 6.43. The van der Waals surface area contributed by atoms with E-state index in [0.29, 0.717) is 34.2 Å². The standard InChI is InChI=1S/C19H26ClN3O3S/c1-4-5-6-9-23-18(25)15-8-7-14(20)10-16(15)22-19(23)27-12-17(24)21-13(2)11-26-3/h7-8,10,13H,4-6,9,11-12H2,1-3H3,(H,21,24). The fourth-order valence-electron chi connectivity index (χ4n) is 2.74. The van der Waals surface area contributed by atoms with Crippen LogP contribution in [0.2, 0.25) is 5.02 Å². The third-order valence-corrected chi connectivity index (χ3v) is 5.24. The SMILES string of the molecule is CCCCCn1c(SCC(=O)NC(C)COC)nc2cc(Cl)ccc2c1=O. The lowest BCUT2D eigenvalue weighted by molar-refractivity contribution is -0.119. The Bertz CT molecular complexity index is 841. The number of hydrogen-bond acceptors (Lipinski definition) is 5. The highest BCUT2D eigenvalue weighted by Gasteiger charge is 2.14. The molecule has 2 aromatic rings. The lowest BCUT2D eigenvalue weighted by Crippen LogP contribution is -2.36. The van der Waals surface area contributed by atoms with Crippen LogP contribution in [0.15, 0.2) is 28.2 Å². The van der Waals surface area contributed by atoms with Gasteiger partial charge in [0, 0.05) is 24.7 Å². The highest BCUT2D eigenvalue weighted by molar-refractivity contribution is 7.99. The number of thioether (sulfide) groups is 1. The zero-order valence-corrected chi connectivity index (χ0v) is 17.5. The number of unbranched alkanes of at least 4 members (excludes halogenated alkanes) is 2. The number of nitrogens with one attached hydrogen (secondary N) is 1. The van der Waals surface area contributed by atoms with Gasteiger partial charge in [-0.25, -0.2) is 4.98 Å². The predicted octanol–water partition coefficient (Wildman–Crippen LogP) is 3.48. The van der Waals surface area contributed by atoms with E-state index in [2.05, 4.69) is 17.2 Å². The van der Waals surface area contributed by atoms with Crippen molar-refractivity contribution in [3.05, 3.63) is 33.6 Å². The topological polar surface area (TPSA) is 73.2 Å². The summed E-state index contributed by atoms with van der Waals surface area (Å²) in [5.74, 6) is 0.0606. The highest BCUT2D eigenvalue weighted by Crippen LogP contribution is 2.21. The Labute approximate surface area is 168 Å². The minimum Gasteiger partial charge on any atom is -0.383 e. The van der Waals surface area contributed by atoms with Crippen LogP contribution in [0.25, 0.3) is 10.9 Å². The first-order chi connectivity index (χ1) is 13.0. The lowest BCUT2D eigenvalue weighted by atomic mass is 10.2. The number of amides is 1. The van der Waals surface area contributed by atoms with Gasteiger partial charge in [0.1, 0.15) is 0 Å². The molecule has 0 bridgehead atoms. The number of rotatable bonds is 10. The number of benzene rings is 1. The van der Waals surface area contributed by atoms with Crippen molar-refractivity contribution in [1.82, 2.24) is 14.9 Å². The fourth-order valence-corrected chi connectivity index (χ4v) is 3.74. The van der Waals surface area contributed by atoms with Crippen molar-refractivity contribution in [2.45, 2.75) is 50.9 Å². The molecule has 6 nitrogen and oxygen atoms in total. The molecule has 0 aliphatic carbocycles. The normalized spacial score (nSPS) is 12.3. The van der Waals surface area contributed by atoms with Gasteiger partial charge in [0.05, 0.1) is 23.3 Å². The molecule has 1 heterocycles. The summed E-state index contributed by atoms with van der Waals surface area (Å²) in [5.41, 5.74) is 0.457. The summed E-state index contributed by atoms with van der Waals surface area (Å²) in [6.45, 7) is 5.03. The number of carbonyl (C=O) groups excluding carboxylic acids is 1. The predicted molar refractivity (Wildman–Crippen MR) is 111 cm³/mol. The number of fused-ring (bicyclic) bond motifs is 1. The molecule has 1 aromatic heterocycles. The molecular weight excluding hydrogens is 386 g/mol. The highest BCUT2D eigenvalue weighted by atomic mass is 35.5. The van der Waals surface area contributed by atoms with Gasteiger partial charge in [-0.15, -0.1) is 0 Å². The van der Waals surface area contributed by atoms with Crippen molar-refractivity contribution >= 4 is 40.2 Å². The lowest BCUT2D eigenvalue weighted by Gasteiger charge is -2.15. The quantitative estimate of drug-likeness (QED) is 0.368. The second-order valence-corrected chi connectivity index (χ2v) is 7.81. The van der Waals surface area contributed by atoms with Crippen molar-refractivity contribution in [3.8, 4) is 0 Å². The molecular formula is C19H26ClN3O3S. The van der Waals surface area contributed by atoms with Crippen LogP contribution < -0.4 is 10.9 Å². The molecule has 1 unspecified atom stereocenters. The Balaban J connectivity index is 2.25. The minimum absolute atomic E-state index is 0.0711. The van der Waals surface area contributed by atoms with Gasteiger partial charge in [0.15, 0.2) is 5.16 Å². The third-order valence-electron chi connectivity index (χ3n) is 4.02. The third kappa shape index (κ3) is 6.23. The van der Waals surface area contributed by atoms with Crippen LogP contribution in [0, 0.1) is 0 Å². The van der Waals surface area contributed by atoms with Crippen LogP contribution in [0.3, 0.4) is 0 Å². The van der Waals surface area contributed by atoms with Crippen LogP contribution in [0.1, 0.15) is 33.1 Å². The molecule has 1 amide bonds. The number of aromatic nitrogens is 2. The van der Waals surface area contributed by atoms with Crippen LogP contribution in [0.5, 0.6) is 0 Å². The van der Waals surface area contributed by atoms with Gasteiger partial charge in [0.25, 0.3) is 5.56 Å². The van der Waals surface area contributed by atoms with Gasteiger partial charge in [-0.2, -0.15) is 0 Å². The summed E-state index contributed by atoms with van der Waals surface area (Å²) in [6, 6.07) is 5.01. The first-order valence-corrected chi connectivity index (χ1v) is 10.4. The Morgan fingerprint density at radius 1 is 1.41 bits per heavy atom. The smallest absolute Gasteiger partial charge is 0.262 e. The summed E-state index contributed by atoms with van der Waals surface area (Å²) >= 11 is 7.31. The number of methoxy groups -OCH3 is 1. The first kappa shape index (κ1) is 21.7. The van der Waals surface area contributed by atoms with E-state index in [0.717, 1.165) is 19.3 Å². The monoisotopic (exact) mass is 411 g/mol. The molecule has 148 valence electrons. The van der Waals surface area contributed by atoms with Gasteiger partial charge >= 0.3 is 0 Å². The van der Waals surface area contributed by atoms with Crippen LogP contribution in [-0.2, 0) is 16.1 Å². The van der Waals surface area contributed by atoms with E-state index in [9.17, 15) is 9.59 Å². The van der Waals surface area contributed by atoms with Crippen molar-refractivity contribution in [3.63, 3.8) is 0 Å². The van der Waals surface area contributed by atoms with Crippen molar-refractivity contribution in [2.24, 2.45) is 0 Å². The number of nitrogens with zero attached hydrogens (tertiary/aromatic N) is 2. The van der Waals surface area contributed by atoms with Gasteiger partial charge in [0.2, 0.25) is 5.91 Å². The molecule has 0 aliphatic rings. The van der Waals surface area contributed by atoms with Gasteiger partial charge in [-0.05, 0) is 31.5 Å². The number of ether oxygens (including phenoxy) is 1. The molecule has 8 heteroatoms. The van der Waals surface area contributed by atoms with E-state index in [1.807, 2.05) is 6.92 Å². The Kier molecular flexibility index (Phi) is 8.60. The molecule has 27 heavy (non-hydrogen) atoms. The average molecular weight is 412 g/mol. The molecule has 1 aromatic carbocycles. The Hall–Kier alpha value is -1.57. The molecule has 2 rings (SSSR count). The van der Waals surface area contributed by atoms with E-state index in [4.69, 9.17) is 16.3 Å². The van der Waals surface area contributed by atoms with Gasteiger partial charge in [-0.3, -0.25) is 14.2 Å². The maximum atomic E-state index is 12.9. The summed E-state index contributed by atoms with van der Waals surface area (Å²) in [7, 11) is 1.59. The summed E-state index contributed by atoms with van der Waals surface area (Å²) in [5, 5.41) is 4.47. The van der Waals surface area contributed by atoms with Crippen LogP contribution in [0.4, 0.5) is 0 Å². The largest absolute Gasteiger partial charge is 0.383 e. The summed E-state index contributed by atoms with van der Waals surface area (Å²) in [6.07, 6.45) is 2.99. The first-order valence-electron chi connectivity index (χ1n) is 9.07. The van der Waals surface area contributed by atoms with Gasteiger partial charge < -0.3 is 10.1 Å². The fraction of sp³-hybridized carbons (Fsp3) is 0.526. The van der Waals surface area contributed by atoms with Gasteiger partial charge in [-0.1, -0.05) is 43.1 Å². The van der Waals surface area contributed by atoms with Crippen molar-refractivity contribution in [2.75, 3.05) is 19.5 Å². The van der Waals surface area contributed by atoms with Crippen molar-refractivity contribution in [1.29, 1.82) is 0 Å². The zero-order chi connectivity index (χ0) is 19.8. The average Bonchev–Trinajstić information content (AvgIpc) is 2.62. The van der Waals surface area contributed by atoms with E-state index >= 15 is 0 Å². The summed E-state index contributed by atoms with van der Waals surface area (Å²) in [4.78, 5) is 29.7. The minimum atomic E-state index is -0.120. The van der Waals surface area contributed by atoms with E-state index in [1.165, 1.54) is 11.8 Å². The van der Waals surface area contributed by atoms with E-state index in [-0.39, 0.29) is 23.3 Å². The molecule has 0 spiro atoms. The maximum absolute atomic E-state index is 12.9. The van der Waals surface area contributed by atoms with Crippen molar-refractivity contribution < 1.29 is 9.53 Å². The molecule has 0 radical (unpaired) electrons. The number of halogens is 1. The Morgan fingerprint density at radius 3 is 2.89 bits per heavy atom. The van der Waals surface area contributed by atoms with E-state index < -0.39 is 0 Å².